The molecule has 504 valence electrons. The number of morpholine rings is 1. The van der Waals surface area contributed by atoms with Crippen LogP contribution in [0.4, 0.5) is 58.4 Å². The molecule has 5 saturated heterocycles. The van der Waals surface area contributed by atoms with E-state index in [-0.39, 0.29) is 34.2 Å². The highest BCUT2D eigenvalue weighted by atomic mass is 127. The van der Waals surface area contributed by atoms with Crippen LogP contribution in [0.15, 0.2) is 129 Å². The highest BCUT2D eigenvalue weighted by molar-refractivity contribution is 14.1. The van der Waals surface area contributed by atoms with Crippen LogP contribution in [0, 0.1) is 11.8 Å². The normalized spacial score (nSPS) is 27.3. The molecule has 0 saturated carbocycles. The van der Waals surface area contributed by atoms with Crippen molar-refractivity contribution < 1.29 is 83.7 Å². The summed E-state index contributed by atoms with van der Waals surface area (Å²) in [7, 11) is 0. The summed E-state index contributed by atoms with van der Waals surface area (Å²) in [6.07, 6.45) is -10.8. The number of ether oxygens (including phenoxy) is 5. The number of benzene rings is 2. The van der Waals surface area contributed by atoms with E-state index >= 15 is 0 Å². The first kappa shape index (κ1) is 71.9. The van der Waals surface area contributed by atoms with Crippen LogP contribution in [0.5, 0.6) is 0 Å². The summed E-state index contributed by atoms with van der Waals surface area (Å²) >= 11 is 3.80. The van der Waals surface area contributed by atoms with Crippen molar-refractivity contribution in [3.63, 3.8) is 0 Å². The molecule has 0 radical (unpaired) electrons. The maximum Gasteiger partial charge on any atom is 0.351 e. The zero-order valence-electron chi connectivity index (χ0n) is 48.8. The molecule has 0 spiro atoms. The summed E-state index contributed by atoms with van der Waals surface area (Å²) in [6, 6.07) is 21.6. The van der Waals surface area contributed by atoms with Crippen LogP contribution in [-0.2, 0) is 23.7 Å². The lowest BCUT2D eigenvalue weighted by Gasteiger charge is -2.29. The summed E-state index contributed by atoms with van der Waals surface area (Å²) < 4.78 is 143. The van der Waals surface area contributed by atoms with Crippen molar-refractivity contribution in [3.05, 3.63) is 163 Å². The maximum absolute atomic E-state index is 14.5. The number of carbonyl (C=O) groups excluding carboxylic acids is 2. The van der Waals surface area contributed by atoms with E-state index in [0.717, 1.165) is 29.4 Å². The number of alkyl halides is 10. The number of nitrogens with zero attached hydrogens (tertiary/aromatic N) is 9. The van der Waals surface area contributed by atoms with Gasteiger partial charge in [0.15, 0.2) is 0 Å². The van der Waals surface area contributed by atoms with Crippen molar-refractivity contribution >= 4 is 80.3 Å². The average molecular weight is 1550 g/mol. The van der Waals surface area contributed by atoms with E-state index < -0.39 is 138 Å². The van der Waals surface area contributed by atoms with Gasteiger partial charge in [0.2, 0.25) is 24.9 Å². The number of halogens is 10. The van der Waals surface area contributed by atoms with Gasteiger partial charge in [-0.15, -0.1) is 0 Å². The molecule has 9 heterocycles. The lowest BCUT2D eigenvalue weighted by atomic mass is 10.00. The van der Waals surface area contributed by atoms with Gasteiger partial charge < -0.3 is 61.1 Å². The Kier molecular flexibility index (Phi) is 23.3. The van der Waals surface area contributed by atoms with E-state index in [9.17, 15) is 74.1 Å². The fourth-order valence-electron chi connectivity index (χ4n) is 9.91. The Hall–Kier alpha value is -6.96. The predicted octanol–water partition coefficient (Wildman–Crippen LogP) is 3.96. The highest BCUT2D eigenvalue weighted by Gasteiger charge is 2.62. The van der Waals surface area contributed by atoms with Crippen LogP contribution in [0.2, 0.25) is 0 Å². The van der Waals surface area contributed by atoms with E-state index in [0.29, 0.717) is 55.6 Å². The third-order valence-corrected chi connectivity index (χ3v) is 17.0. The largest absolute Gasteiger partial charge is 0.394 e. The third kappa shape index (κ3) is 16.1. The predicted molar refractivity (Wildman–Crippen MR) is 329 cm³/mol. The lowest BCUT2D eigenvalue weighted by molar-refractivity contribution is -0.140. The Morgan fingerprint density at radius 3 is 1.23 bits per heavy atom. The molecule has 93 heavy (non-hydrogen) atoms. The average Bonchev–Trinajstić information content (AvgIpc) is 1.66. The fourth-order valence-corrected chi connectivity index (χ4v) is 11.6. The van der Waals surface area contributed by atoms with Crippen LogP contribution < -0.4 is 44.9 Å². The molecule has 0 unspecified atom stereocenters. The number of aromatic nitrogens is 8. The van der Waals surface area contributed by atoms with Crippen LogP contribution in [0.1, 0.15) is 59.5 Å². The van der Waals surface area contributed by atoms with Crippen molar-refractivity contribution in [1.29, 1.82) is 0 Å². The van der Waals surface area contributed by atoms with Gasteiger partial charge in [0.1, 0.15) is 47.7 Å². The number of nitrogen functional groups attached to an aromatic ring is 2. The molecule has 12 atom stereocenters. The summed E-state index contributed by atoms with van der Waals surface area (Å²) in [5, 5.41) is 33.4. The number of hydrogen-bond acceptors (Lipinski definition) is 21. The lowest BCUT2D eigenvalue weighted by Crippen LogP contribution is -2.46. The molecule has 11 rings (SSSR count). The smallest absolute Gasteiger partial charge is 0.351 e. The van der Waals surface area contributed by atoms with Crippen LogP contribution in [0.3, 0.4) is 0 Å². The number of nitrogens with two attached hydrogens (primary N) is 2. The molecule has 4 aromatic heterocycles. The molecule has 5 fully saturated rings. The minimum atomic E-state index is -3.61. The second-order valence-corrected chi connectivity index (χ2v) is 23.2. The third-order valence-electron chi connectivity index (χ3n) is 15.3. The molecule has 5 aliphatic heterocycles. The SMILES string of the molecule is C[C@@H]1[C@@H](CI)O[C@@H](n2ccc(NC(=O)c3ccccc3)nc2=O)C1(F)F.C[C@@H]1[C@@H](CO)O[C@@H](n2ccc(NC(=O)c3ccccc3)nc2=O)C1(F)F.Nc1ccn([C@@H]2O[C@H](CI)[C@@H](O)C2(F)F)c(=O)n1.Nc1ccn([C@@H]2O[C@H](CN3CCOCC3)[C@@H](O)C2(F)F)c(=O)n1. The van der Waals surface area contributed by atoms with Crippen molar-refractivity contribution in [3.8, 4) is 0 Å². The van der Waals surface area contributed by atoms with E-state index in [1.54, 1.807) is 60.7 Å². The van der Waals surface area contributed by atoms with Crippen molar-refractivity contribution in [2.75, 3.05) is 70.4 Å². The van der Waals surface area contributed by atoms with E-state index in [4.69, 9.17) is 40.3 Å². The van der Waals surface area contributed by atoms with Crippen LogP contribution in [0.25, 0.3) is 0 Å². The van der Waals surface area contributed by atoms with Crippen LogP contribution >= 0.6 is 45.2 Å². The van der Waals surface area contributed by atoms with Gasteiger partial charge in [0.25, 0.3) is 23.7 Å². The van der Waals surface area contributed by atoms with Gasteiger partial charge in [0.05, 0.1) is 43.9 Å². The van der Waals surface area contributed by atoms with Crippen molar-refractivity contribution in [1.82, 2.24) is 43.1 Å². The minimum Gasteiger partial charge on any atom is -0.394 e. The number of nitrogens with one attached hydrogen (secondary N) is 2. The van der Waals surface area contributed by atoms with Gasteiger partial charge in [-0.1, -0.05) is 95.4 Å². The van der Waals surface area contributed by atoms with Gasteiger partial charge in [-0.3, -0.25) is 32.8 Å². The first-order valence-electron chi connectivity index (χ1n) is 28.1. The summed E-state index contributed by atoms with van der Waals surface area (Å²) in [4.78, 5) is 87.7. The van der Waals surface area contributed by atoms with Crippen LogP contribution in [-0.4, -0.2) is 179 Å². The molecule has 0 bridgehead atoms. The molecule has 2 aromatic carbocycles. The molecular weight excluding hydrogens is 1480 g/mol. The second-order valence-electron chi connectivity index (χ2n) is 21.4. The van der Waals surface area contributed by atoms with E-state index in [2.05, 4.69) is 30.6 Å². The van der Waals surface area contributed by atoms with E-state index in [1.807, 2.05) is 50.1 Å². The Bertz CT molecular complexity index is 3660. The van der Waals surface area contributed by atoms with Gasteiger partial charge in [-0.2, -0.15) is 37.5 Å². The number of rotatable bonds is 13. The zero-order valence-corrected chi connectivity index (χ0v) is 53.1. The van der Waals surface area contributed by atoms with E-state index in [1.165, 1.54) is 38.1 Å². The maximum atomic E-state index is 14.5. The number of carbonyl (C=O) groups is 2. The Balaban J connectivity index is 0.000000161. The second kappa shape index (κ2) is 30.2. The quantitative estimate of drug-likeness (QED) is 0.0489. The summed E-state index contributed by atoms with van der Waals surface area (Å²) in [5.74, 6) is -17.1. The van der Waals surface area contributed by atoms with Gasteiger partial charge >= 0.3 is 34.6 Å². The molecule has 0 aliphatic carbocycles. The molecule has 37 heteroatoms. The molecular formula is C56H61F8I2N13O14. The fraction of sp³-hybridized carbons (Fsp3) is 0.464. The number of aliphatic hydroxyl groups excluding tert-OH is 3. The molecule has 27 nitrogen and oxygen atoms in total. The van der Waals surface area contributed by atoms with Gasteiger partial charge in [-0.05, 0) is 48.5 Å². The number of anilines is 4. The Labute approximate surface area is 548 Å². The highest BCUT2D eigenvalue weighted by Crippen LogP contribution is 2.48. The molecule has 6 aromatic rings. The number of aliphatic hydroxyl groups is 3. The molecule has 2 amide bonds. The monoisotopic (exact) mass is 1550 g/mol. The van der Waals surface area contributed by atoms with Crippen molar-refractivity contribution in [2.24, 2.45) is 11.8 Å². The number of amides is 2. The first-order valence-corrected chi connectivity index (χ1v) is 31.1. The minimum absolute atomic E-state index is 0.0140. The number of hydrogen-bond donors (Lipinski definition) is 7. The zero-order chi connectivity index (χ0) is 67.9. The topological polar surface area (TPSA) is 360 Å². The Morgan fingerprint density at radius 1 is 0.527 bits per heavy atom. The van der Waals surface area contributed by atoms with Gasteiger partial charge in [-0.25, -0.2) is 36.7 Å². The summed E-state index contributed by atoms with van der Waals surface area (Å²) in [5.41, 5.74) is 7.58. The summed E-state index contributed by atoms with van der Waals surface area (Å²) in [6.45, 7) is 4.35. The van der Waals surface area contributed by atoms with Gasteiger partial charge in [0, 0.05) is 64.4 Å². The first-order chi connectivity index (χ1) is 43.9. The standard InChI is InChI=1S/C17H16F2IN3O3.C17H17F2N3O4.C13H18F2N4O4.C9H10F2IN3O3/c1-10-12(9-20)26-15(17(10,18)19)23-8-7-13(22-16(23)25)21-14(24)11-5-3-2-4-6-11;1-10-12(9-23)26-15(17(10,18)19)22-8-7-13(21-16(22)25)20-14(24)11-5-3-2-4-6-11;14-13(15)10(20)8(7-18-3-5-22-6-4-18)23-11(13)19-2-1-9(16)17-12(19)21;10-9(11)6(16)4(3-12)18-7(9)15-2-1-5(13)14-8(15)17/h2-8,10,12,15H,9H2,1H3,(H,21,22,24,25);2-8,10,12,15,23H,9H2,1H3,(H,20,21,24,25);1-2,8,10-11,20H,3-7H2,(H2,16,17,21);1-2,4,6-7,16H,3H2,(H2,13,14,17)/t2*10-,12-,15-;8-,10-,11-;4-,6-,7-/m1111/s1. The van der Waals surface area contributed by atoms with Crippen molar-refractivity contribution in [2.45, 2.75) is 99.1 Å². The Morgan fingerprint density at radius 2 is 0.871 bits per heavy atom. The molecule has 5 aliphatic rings. The molecule has 9 N–H and O–H groups in total.